The van der Waals surface area contributed by atoms with E-state index in [2.05, 4.69) is 10.6 Å². The second kappa shape index (κ2) is 6.80. The molecule has 0 saturated heterocycles. The second-order valence-corrected chi connectivity index (χ2v) is 6.43. The van der Waals surface area contributed by atoms with Crippen LogP contribution in [0.3, 0.4) is 0 Å². The van der Waals surface area contributed by atoms with Gasteiger partial charge in [-0.15, -0.1) is 0 Å². The molecular weight excluding hydrogens is 350 g/mol. The van der Waals surface area contributed by atoms with Crippen molar-refractivity contribution in [2.45, 2.75) is 13.3 Å². The first-order valence-corrected chi connectivity index (χ1v) is 8.06. The van der Waals surface area contributed by atoms with E-state index in [-0.39, 0.29) is 11.6 Å². The first kappa shape index (κ1) is 17.4. The van der Waals surface area contributed by atoms with Gasteiger partial charge in [-0.1, -0.05) is 17.7 Å². The molecule has 2 N–H and O–H groups in total. The number of hydrogen-bond donors (Lipinski definition) is 2. The average Bonchev–Trinajstić information content (AvgIpc) is 3.35. The monoisotopic (exact) mass is 364 g/mol. The van der Waals surface area contributed by atoms with E-state index in [1.54, 1.807) is 18.2 Å². The van der Waals surface area contributed by atoms with Gasteiger partial charge in [0.25, 0.3) is 0 Å². The Morgan fingerprint density at radius 2 is 1.52 bits per heavy atom. The normalized spacial score (nSPS) is 18.6. The number of halogens is 3. The van der Waals surface area contributed by atoms with Crippen LogP contribution >= 0.6 is 11.6 Å². The molecule has 2 unspecified atom stereocenters. The molecule has 0 spiro atoms. The smallest absolute Gasteiger partial charge is 0.228 e. The third-order valence-corrected chi connectivity index (χ3v) is 4.50. The Bertz CT molecular complexity index is 787. The van der Waals surface area contributed by atoms with Crippen molar-refractivity contribution in [3.05, 3.63) is 58.6 Å². The number of hydrogen-bond acceptors (Lipinski definition) is 2. The van der Waals surface area contributed by atoms with Gasteiger partial charge in [0, 0.05) is 22.5 Å². The molecule has 2 aromatic rings. The van der Waals surface area contributed by atoms with Gasteiger partial charge in [0.15, 0.2) is 11.6 Å². The summed E-state index contributed by atoms with van der Waals surface area (Å²) in [6.45, 7) is 1.85. The summed E-state index contributed by atoms with van der Waals surface area (Å²) in [4.78, 5) is 24.3. The van der Waals surface area contributed by atoms with Gasteiger partial charge in [0.2, 0.25) is 11.8 Å². The predicted octanol–water partition coefficient (Wildman–Crippen LogP) is 4.14. The molecule has 0 radical (unpaired) electrons. The molecule has 2 amide bonds. The minimum Gasteiger partial charge on any atom is -0.326 e. The lowest BCUT2D eigenvalue weighted by Crippen LogP contribution is -2.20. The summed E-state index contributed by atoms with van der Waals surface area (Å²) in [5.41, 5.74) is 1.61. The summed E-state index contributed by atoms with van der Waals surface area (Å²) in [6.07, 6.45) is 0.404. The van der Waals surface area contributed by atoms with Crippen molar-refractivity contribution in [2.24, 2.45) is 11.8 Å². The summed E-state index contributed by atoms with van der Waals surface area (Å²) >= 11 is 6.01. The fraction of sp³-hybridized carbons (Fsp3) is 0.222. The number of carbonyl (C=O) groups is 2. The van der Waals surface area contributed by atoms with Gasteiger partial charge in [0.1, 0.15) is 0 Å². The molecule has 1 fully saturated rings. The lowest BCUT2D eigenvalue weighted by Gasteiger charge is -2.07. The van der Waals surface area contributed by atoms with Crippen LogP contribution in [0.25, 0.3) is 0 Å². The van der Waals surface area contributed by atoms with Crippen LogP contribution in [-0.2, 0) is 9.59 Å². The summed E-state index contributed by atoms with van der Waals surface area (Å²) in [7, 11) is 0. The Hall–Kier alpha value is -2.47. The molecule has 130 valence electrons. The molecule has 25 heavy (non-hydrogen) atoms. The first-order chi connectivity index (χ1) is 11.8. The van der Waals surface area contributed by atoms with Gasteiger partial charge in [-0.05, 0) is 43.2 Å². The fourth-order valence-electron chi connectivity index (χ4n) is 2.49. The molecule has 1 saturated carbocycles. The van der Waals surface area contributed by atoms with Crippen LogP contribution in [0.2, 0.25) is 5.02 Å². The van der Waals surface area contributed by atoms with Gasteiger partial charge in [-0.25, -0.2) is 8.78 Å². The van der Waals surface area contributed by atoms with E-state index in [1.807, 2.05) is 6.92 Å². The quantitative estimate of drug-likeness (QED) is 0.856. The maximum absolute atomic E-state index is 13.2. The Kier molecular flexibility index (Phi) is 4.72. The molecule has 0 aromatic heterocycles. The number of aryl methyl sites for hydroxylation is 1. The number of rotatable bonds is 4. The van der Waals surface area contributed by atoms with Crippen LogP contribution in [0.5, 0.6) is 0 Å². The summed E-state index contributed by atoms with van der Waals surface area (Å²) in [6, 6.07) is 8.27. The highest BCUT2D eigenvalue weighted by Crippen LogP contribution is 2.40. The number of amides is 2. The van der Waals surface area contributed by atoms with E-state index in [9.17, 15) is 18.4 Å². The predicted molar refractivity (Wildman–Crippen MR) is 91.4 cm³/mol. The van der Waals surface area contributed by atoms with Crippen LogP contribution in [0, 0.1) is 30.4 Å². The fourth-order valence-corrected chi connectivity index (χ4v) is 2.67. The minimum atomic E-state index is -1.04. The maximum Gasteiger partial charge on any atom is 0.228 e. The molecule has 0 heterocycles. The molecular formula is C18H15ClF2N2O2. The number of benzene rings is 2. The number of anilines is 2. The van der Waals surface area contributed by atoms with E-state index in [0.29, 0.717) is 17.1 Å². The van der Waals surface area contributed by atoms with Crippen LogP contribution in [0.4, 0.5) is 20.2 Å². The molecule has 0 bridgehead atoms. The summed E-state index contributed by atoms with van der Waals surface area (Å²) < 4.78 is 26.0. The lowest BCUT2D eigenvalue weighted by atomic mass is 10.2. The van der Waals surface area contributed by atoms with Crippen LogP contribution in [0.1, 0.15) is 12.0 Å². The van der Waals surface area contributed by atoms with Crippen molar-refractivity contribution in [3.8, 4) is 0 Å². The number of nitrogens with one attached hydrogen (secondary N) is 2. The molecule has 0 aliphatic heterocycles. The topological polar surface area (TPSA) is 58.2 Å². The van der Waals surface area contributed by atoms with Gasteiger partial charge < -0.3 is 10.6 Å². The largest absolute Gasteiger partial charge is 0.326 e. The van der Waals surface area contributed by atoms with Gasteiger partial charge >= 0.3 is 0 Å². The molecule has 2 aromatic carbocycles. The first-order valence-electron chi connectivity index (χ1n) is 7.68. The van der Waals surface area contributed by atoms with E-state index in [1.165, 1.54) is 6.07 Å². The third kappa shape index (κ3) is 3.96. The Balaban J connectivity index is 1.57. The average molecular weight is 365 g/mol. The Morgan fingerprint density at radius 1 is 0.960 bits per heavy atom. The molecule has 4 nitrogen and oxygen atoms in total. The highest BCUT2D eigenvalue weighted by Gasteiger charge is 2.48. The highest BCUT2D eigenvalue weighted by molar-refractivity contribution is 6.31. The van der Waals surface area contributed by atoms with Gasteiger partial charge in [0.05, 0.1) is 11.8 Å². The third-order valence-electron chi connectivity index (χ3n) is 4.09. The van der Waals surface area contributed by atoms with E-state index in [4.69, 9.17) is 11.6 Å². The van der Waals surface area contributed by atoms with Crippen molar-refractivity contribution < 1.29 is 18.4 Å². The lowest BCUT2D eigenvalue weighted by molar-refractivity contribution is -0.122. The highest BCUT2D eigenvalue weighted by atomic mass is 35.5. The van der Waals surface area contributed by atoms with Gasteiger partial charge in [-0.3, -0.25) is 9.59 Å². The zero-order valence-corrected chi connectivity index (χ0v) is 14.0. The van der Waals surface area contributed by atoms with Crippen LogP contribution in [-0.4, -0.2) is 11.8 Å². The second-order valence-electron chi connectivity index (χ2n) is 6.02. The molecule has 1 aliphatic carbocycles. The van der Waals surface area contributed by atoms with E-state index >= 15 is 0 Å². The molecule has 3 rings (SSSR count). The zero-order chi connectivity index (χ0) is 18.1. The van der Waals surface area contributed by atoms with E-state index in [0.717, 1.165) is 17.7 Å². The maximum atomic E-state index is 13.2. The Labute approximate surface area is 148 Å². The van der Waals surface area contributed by atoms with Crippen molar-refractivity contribution in [1.29, 1.82) is 0 Å². The molecule has 2 atom stereocenters. The van der Waals surface area contributed by atoms with Crippen molar-refractivity contribution >= 4 is 34.8 Å². The minimum absolute atomic E-state index is 0.153. The van der Waals surface area contributed by atoms with Crippen molar-refractivity contribution in [3.63, 3.8) is 0 Å². The van der Waals surface area contributed by atoms with Crippen molar-refractivity contribution in [2.75, 3.05) is 10.6 Å². The standard InChI is InChI=1S/C18H15ClF2N2O2/c1-9-2-3-10(6-14(9)19)22-17(24)12-8-13(12)18(25)23-11-4-5-15(20)16(21)7-11/h2-7,12-13H,8H2,1H3,(H,22,24)(H,23,25). The molecule has 7 heteroatoms. The molecule has 1 aliphatic rings. The van der Waals surface area contributed by atoms with Crippen LogP contribution < -0.4 is 10.6 Å². The SMILES string of the molecule is Cc1ccc(NC(=O)C2CC2C(=O)Nc2ccc(F)c(F)c2)cc1Cl. The van der Waals surface area contributed by atoms with Crippen molar-refractivity contribution in [1.82, 2.24) is 0 Å². The summed E-state index contributed by atoms with van der Waals surface area (Å²) in [5, 5.41) is 5.76. The Morgan fingerprint density at radius 3 is 2.08 bits per heavy atom. The summed E-state index contributed by atoms with van der Waals surface area (Å²) in [5.74, 6) is -3.64. The zero-order valence-electron chi connectivity index (χ0n) is 13.3. The van der Waals surface area contributed by atoms with Crippen LogP contribution in [0.15, 0.2) is 36.4 Å². The number of carbonyl (C=O) groups excluding carboxylic acids is 2. The van der Waals surface area contributed by atoms with E-state index < -0.39 is 29.4 Å². The van der Waals surface area contributed by atoms with Gasteiger partial charge in [-0.2, -0.15) is 0 Å².